The number of amides is 1. The predicted molar refractivity (Wildman–Crippen MR) is 109 cm³/mol. The maximum atomic E-state index is 12.9. The van der Waals surface area contributed by atoms with Crippen LogP contribution in [0, 0.1) is 6.92 Å². The summed E-state index contributed by atoms with van der Waals surface area (Å²) in [5.74, 6) is -0.498. The largest absolute Gasteiger partial charge is 0.507 e. The summed E-state index contributed by atoms with van der Waals surface area (Å²) >= 11 is 6.22. The Kier molecular flexibility index (Phi) is 6.38. The van der Waals surface area contributed by atoms with Gasteiger partial charge >= 0.3 is 0 Å². The van der Waals surface area contributed by atoms with Crippen LogP contribution in [0.15, 0.2) is 34.3 Å². The molecular weight excluding hydrogens is 414 g/mol. The summed E-state index contributed by atoms with van der Waals surface area (Å²) in [4.78, 5) is 26.9. The topological polar surface area (TPSA) is 98.4 Å². The van der Waals surface area contributed by atoms with Gasteiger partial charge in [0.05, 0.1) is 37.0 Å². The Morgan fingerprint density at radius 3 is 2.43 bits per heavy atom. The molecule has 1 saturated heterocycles. The quantitative estimate of drug-likeness (QED) is 0.404. The molecule has 0 saturated carbocycles. The average molecular weight is 436 g/mol. The van der Waals surface area contributed by atoms with Crippen LogP contribution in [0.25, 0.3) is 5.76 Å². The van der Waals surface area contributed by atoms with E-state index in [4.69, 9.17) is 30.2 Å². The second-order valence-corrected chi connectivity index (χ2v) is 7.03. The zero-order valence-electron chi connectivity index (χ0n) is 17.0. The number of aliphatic hydroxyl groups excluding tert-OH is 1. The zero-order valence-corrected chi connectivity index (χ0v) is 17.8. The van der Waals surface area contributed by atoms with E-state index < -0.39 is 23.5 Å². The molecular formula is C21H22ClNO7. The molecule has 1 aromatic carbocycles. The standard InChI is InChI=1S/C21H22ClNO7/c1-11-5-6-14(30-11)18-17(20(25)21(26)23(18)7-8-27-2)19(24)12-9-13(22)16(29-4)10-15(12)28-3/h5-6,9-10,18,24H,7-8H2,1-4H3/b19-17+. The van der Waals surface area contributed by atoms with Crippen LogP contribution < -0.4 is 9.47 Å². The number of hydrogen-bond acceptors (Lipinski definition) is 7. The smallest absolute Gasteiger partial charge is 0.295 e. The maximum absolute atomic E-state index is 12.9. The minimum absolute atomic E-state index is 0.120. The molecule has 9 heteroatoms. The van der Waals surface area contributed by atoms with E-state index in [1.165, 1.54) is 38.4 Å². The lowest BCUT2D eigenvalue weighted by molar-refractivity contribution is -0.140. The molecule has 0 bridgehead atoms. The van der Waals surface area contributed by atoms with Crippen molar-refractivity contribution in [1.82, 2.24) is 4.90 Å². The summed E-state index contributed by atoms with van der Waals surface area (Å²) in [5.41, 5.74) is 0.0336. The van der Waals surface area contributed by atoms with E-state index >= 15 is 0 Å². The molecule has 1 aliphatic heterocycles. The molecule has 30 heavy (non-hydrogen) atoms. The van der Waals surface area contributed by atoms with Crippen molar-refractivity contribution in [3.63, 3.8) is 0 Å². The SMILES string of the molecule is COCCN1C(=O)C(=O)/C(=C(/O)c2cc(Cl)c(OC)cc2OC)C1c1ccc(C)o1. The first-order valence-electron chi connectivity index (χ1n) is 9.09. The van der Waals surface area contributed by atoms with E-state index in [1.807, 2.05) is 0 Å². The molecule has 1 fully saturated rings. The lowest BCUT2D eigenvalue weighted by Crippen LogP contribution is -2.32. The van der Waals surface area contributed by atoms with Gasteiger partial charge in [-0.15, -0.1) is 0 Å². The van der Waals surface area contributed by atoms with Gasteiger partial charge in [0.25, 0.3) is 11.7 Å². The van der Waals surface area contributed by atoms with Crippen molar-refractivity contribution < 1.29 is 33.3 Å². The number of furan rings is 1. The number of carbonyl (C=O) groups is 2. The average Bonchev–Trinajstić information content (AvgIpc) is 3.27. The molecule has 2 heterocycles. The number of aryl methyl sites for hydroxylation is 1. The van der Waals surface area contributed by atoms with Gasteiger partial charge in [0.15, 0.2) is 0 Å². The Hall–Kier alpha value is -2.97. The number of hydrogen-bond donors (Lipinski definition) is 1. The molecule has 1 atom stereocenters. The lowest BCUT2D eigenvalue weighted by Gasteiger charge is -2.23. The van der Waals surface area contributed by atoms with E-state index in [0.717, 1.165) is 0 Å². The van der Waals surface area contributed by atoms with Crippen molar-refractivity contribution in [3.8, 4) is 11.5 Å². The summed E-state index contributed by atoms with van der Waals surface area (Å²) in [6.45, 7) is 2.10. The van der Waals surface area contributed by atoms with Crippen LogP contribution in [0.3, 0.4) is 0 Å². The summed E-state index contributed by atoms with van der Waals surface area (Å²) in [7, 11) is 4.34. The Morgan fingerprint density at radius 2 is 1.87 bits per heavy atom. The first kappa shape index (κ1) is 21.7. The second kappa shape index (κ2) is 8.81. The maximum Gasteiger partial charge on any atom is 0.295 e. The van der Waals surface area contributed by atoms with Gasteiger partial charge in [-0.25, -0.2) is 0 Å². The molecule has 1 unspecified atom stereocenters. The zero-order chi connectivity index (χ0) is 22.0. The molecule has 8 nitrogen and oxygen atoms in total. The van der Waals surface area contributed by atoms with Crippen LogP contribution in [0.2, 0.25) is 5.02 Å². The highest BCUT2D eigenvalue weighted by atomic mass is 35.5. The summed E-state index contributed by atoms with van der Waals surface area (Å²) in [6.07, 6.45) is 0. The van der Waals surface area contributed by atoms with Crippen LogP contribution in [-0.2, 0) is 14.3 Å². The van der Waals surface area contributed by atoms with E-state index in [1.54, 1.807) is 19.1 Å². The first-order chi connectivity index (χ1) is 14.3. The number of benzene rings is 1. The predicted octanol–water partition coefficient (Wildman–Crippen LogP) is 3.33. The molecule has 0 aliphatic carbocycles. The highest BCUT2D eigenvalue weighted by Gasteiger charge is 2.47. The fourth-order valence-electron chi connectivity index (χ4n) is 3.39. The lowest BCUT2D eigenvalue weighted by atomic mass is 9.98. The van der Waals surface area contributed by atoms with Crippen molar-refractivity contribution in [2.24, 2.45) is 0 Å². The van der Waals surface area contributed by atoms with Crippen molar-refractivity contribution in [3.05, 3.63) is 51.9 Å². The number of carbonyl (C=O) groups excluding carboxylic acids is 2. The number of ether oxygens (including phenoxy) is 3. The third-order valence-corrected chi connectivity index (χ3v) is 5.13. The second-order valence-electron chi connectivity index (χ2n) is 6.62. The van der Waals surface area contributed by atoms with Crippen LogP contribution >= 0.6 is 11.6 Å². The van der Waals surface area contributed by atoms with Gasteiger partial charge in [-0.3, -0.25) is 9.59 Å². The first-order valence-corrected chi connectivity index (χ1v) is 9.47. The van der Waals surface area contributed by atoms with E-state index in [9.17, 15) is 14.7 Å². The highest BCUT2D eigenvalue weighted by Crippen LogP contribution is 2.43. The molecule has 1 aliphatic rings. The third-order valence-electron chi connectivity index (χ3n) is 4.84. The van der Waals surface area contributed by atoms with Gasteiger partial charge in [-0.2, -0.15) is 0 Å². The number of ketones is 1. The van der Waals surface area contributed by atoms with Gasteiger partial charge in [-0.1, -0.05) is 11.6 Å². The van der Waals surface area contributed by atoms with Crippen molar-refractivity contribution in [2.75, 3.05) is 34.5 Å². The van der Waals surface area contributed by atoms with Gasteiger partial charge in [-0.05, 0) is 25.1 Å². The Labute approximate surface area is 178 Å². The van der Waals surface area contributed by atoms with E-state index in [0.29, 0.717) is 17.3 Å². The van der Waals surface area contributed by atoms with Gasteiger partial charge in [0.2, 0.25) is 0 Å². The fourth-order valence-corrected chi connectivity index (χ4v) is 3.63. The Morgan fingerprint density at radius 1 is 1.17 bits per heavy atom. The highest BCUT2D eigenvalue weighted by molar-refractivity contribution is 6.46. The monoisotopic (exact) mass is 435 g/mol. The summed E-state index contributed by atoms with van der Waals surface area (Å²) in [6, 6.07) is 5.37. The number of methoxy groups -OCH3 is 3. The van der Waals surface area contributed by atoms with Gasteiger partial charge in [0.1, 0.15) is 34.8 Å². The van der Waals surface area contributed by atoms with Crippen molar-refractivity contribution in [1.29, 1.82) is 0 Å². The van der Waals surface area contributed by atoms with Crippen LogP contribution in [0.1, 0.15) is 23.1 Å². The molecule has 0 spiro atoms. The van der Waals surface area contributed by atoms with Crippen LogP contribution in [0.5, 0.6) is 11.5 Å². The molecule has 0 radical (unpaired) electrons. The van der Waals surface area contributed by atoms with Crippen LogP contribution in [0.4, 0.5) is 0 Å². The third kappa shape index (κ3) is 3.76. The fraction of sp³-hybridized carbons (Fsp3) is 0.333. The van der Waals surface area contributed by atoms with E-state index in [2.05, 4.69) is 0 Å². The molecule has 1 aromatic heterocycles. The number of likely N-dealkylation sites (tertiary alicyclic amines) is 1. The number of aliphatic hydroxyl groups is 1. The van der Waals surface area contributed by atoms with E-state index in [-0.39, 0.29) is 35.1 Å². The number of halogens is 1. The van der Waals surface area contributed by atoms with Crippen molar-refractivity contribution in [2.45, 2.75) is 13.0 Å². The molecule has 160 valence electrons. The molecule has 3 rings (SSSR count). The van der Waals surface area contributed by atoms with Gasteiger partial charge in [0, 0.05) is 19.7 Å². The number of Topliss-reactive ketones (excluding diaryl/α,β-unsaturated/α-hetero) is 1. The molecule has 2 aromatic rings. The number of rotatable bonds is 7. The number of nitrogens with zero attached hydrogens (tertiary/aromatic N) is 1. The van der Waals surface area contributed by atoms with Crippen LogP contribution in [-0.4, -0.2) is 56.2 Å². The minimum atomic E-state index is -0.917. The summed E-state index contributed by atoms with van der Waals surface area (Å²) < 4.78 is 21.3. The normalized spacial score (nSPS) is 18.2. The Balaban J connectivity index is 2.22. The minimum Gasteiger partial charge on any atom is -0.507 e. The molecule has 1 amide bonds. The molecule has 1 N–H and O–H groups in total. The van der Waals surface area contributed by atoms with Crippen molar-refractivity contribution >= 4 is 29.1 Å². The van der Waals surface area contributed by atoms with Gasteiger partial charge < -0.3 is 28.6 Å². The summed E-state index contributed by atoms with van der Waals surface area (Å²) in [5, 5.41) is 11.3. The Bertz CT molecular complexity index is 1010.